The molecule has 0 aliphatic heterocycles. The monoisotopic (exact) mass is 160 g/mol. The van der Waals surface area contributed by atoms with Gasteiger partial charge in [0.1, 0.15) is 0 Å². The van der Waals surface area contributed by atoms with Crippen LogP contribution < -0.4 is 0 Å². The van der Waals surface area contributed by atoms with Crippen molar-refractivity contribution < 1.29 is 21.4 Å². The van der Waals surface area contributed by atoms with Gasteiger partial charge in [0.15, 0.2) is 0 Å². The Labute approximate surface area is 48.5 Å². The SMILES string of the molecule is COS(=O)(=O)S(=O)O. The maximum Gasteiger partial charge on any atom is 0.375 e. The lowest BCUT2D eigenvalue weighted by molar-refractivity contribution is 0.407. The quantitative estimate of drug-likeness (QED) is 0.418. The van der Waals surface area contributed by atoms with Gasteiger partial charge in [0.2, 0.25) is 0 Å². The van der Waals surface area contributed by atoms with Crippen LogP contribution in [0.2, 0.25) is 0 Å². The summed E-state index contributed by atoms with van der Waals surface area (Å²) in [5.41, 5.74) is 0. The summed E-state index contributed by atoms with van der Waals surface area (Å²) in [7, 11) is -6.33. The van der Waals surface area contributed by atoms with E-state index < -0.39 is 19.3 Å². The van der Waals surface area contributed by atoms with Crippen LogP contribution in [0.15, 0.2) is 0 Å². The molecule has 0 aromatic heterocycles. The summed E-state index contributed by atoms with van der Waals surface area (Å²) in [6.45, 7) is 0. The van der Waals surface area contributed by atoms with Crippen molar-refractivity contribution in [2.75, 3.05) is 7.11 Å². The minimum Gasteiger partial charge on any atom is -0.292 e. The van der Waals surface area contributed by atoms with Crippen molar-refractivity contribution in [2.45, 2.75) is 0 Å². The van der Waals surface area contributed by atoms with Gasteiger partial charge in [-0.1, -0.05) is 0 Å². The summed E-state index contributed by atoms with van der Waals surface area (Å²) in [5.74, 6) is 0. The Bertz CT molecular complexity index is 177. The summed E-state index contributed by atoms with van der Waals surface area (Å²) in [5, 5.41) is 0. The second-order valence-electron chi connectivity index (χ2n) is 0.792. The maximum absolute atomic E-state index is 9.93. The average molecular weight is 160 g/mol. The molecule has 1 atom stereocenters. The topological polar surface area (TPSA) is 80.7 Å². The molecule has 0 fully saturated rings. The van der Waals surface area contributed by atoms with Crippen molar-refractivity contribution in [3.05, 3.63) is 0 Å². The zero-order valence-corrected chi connectivity index (χ0v) is 5.53. The molecular weight excluding hydrogens is 156 g/mol. The smallest absolute Gasteiger partial charge is 0.292 e. The van der Waals surface area contributed by atoms with E-state index in [4.69, 9.17) is 4.55 Å². The molecule has 0 aliphatic rings. The Morgan fingerprint density at radius 2 is 2.00 bits per heavy atom. The van der Waals surface area contributed by atoms with Gasteiger partial charge in [-0.05, 0) is 0 Å². The number of hydrogen-bond donors (Lipinski definition) is 1. The van der Waals surface area contributed by atoms with Gasteiger partial charge in [0, 0.05) is 0 Å². The van der Waals surface area contributed by atoms with Gasteiger partial charge in [-0.3, -0.25) is 8.74 Å². The molecule has 7 heteroatoms. The molecule has 0 amide bonds. The van der Waals surface area contributed by atoms with E-state index in [2.05, 4.69) is 4.18 Å². The van der Waals surface area contributed by atoms with Gasteiger partial charge in [0.05, 0.1) is 7.11 Å². The zero-order valence-electron chi connectivity index (χ0n) is 3.90. The Hall–Kier alpha value is 0.0200. The minimum absolute atomic E-state index is 0.809. The van der Waals surface area contributed by atoms with Crippen LogP contribution >= 0.6 is 0 Å². The lowest BCUT2D eigenvalue weighted by atomic mass is 11.8. The molecular formula is CH4O5S2. The molecule has 0 bridgehead atoms. The van der Waals surface area contributed by atoms with Crippen molar-refractivity contribution in [2.24, 2.45) is 0 Å². The summed E-state index contributed by atoms with van der Waals surface area (Å²) >= 11 is 0. The van der Waals surface area contributed by atoms with E-state index in [1.807, 2.05) is 0 Å². The summed E-state index contributed by atoms with van der Waals surface area (Å²) < 4.78 is 41.0. The van der Waals surface area contributed by atoms with Crippen LogP contribution in [0.1, 0.15) is 0 Å². The summed E-state index contributed by atoms with van der Waals surface area (Å²) in [4.78, 5) is 0. The normalized spacial score (nSPS) is 15.8. The maximum atomic E-state index is 9.93. The molecule has 0 aromatic carbocycles. The van der Waals surface area contributed by atoms with E-state index in [0.717, 1.165) is 7.11 Å². The first-order chi connectivity index (χ1) is 3.50. The van der Waals surface area contributed by atoms with Crippen molar-refractivity contribution in [3.63, 3.8) is 0 Å². The summed E-state index contributed by atoms with van der Waals surface area (Å²) in [6, 6.07) is 0. The fourth-order valence-corrected chi connectivity index (χ4v) is 0.524. The molecule has 0 saturated carbocycles. The zero-order chi connectivity index (χ0) is 6.78. The molecule has 1 unspecified atom stereocenters. The molecule has 0 heterocycles. The fourth-order valence-electron chi connectivity index (χ4n) is 0.0582. The lowest BCUT2D eigenvalue weighted by Crippen LogP contribution is -2.07. The van der Waals surface area contributed by atoms with Gasteiger partial charge >= 0.3 is 19.3 Å². The molecule has 8 heavy (non-hydrogen) atoms. The highest BCUT2D eigenvalue weighted by molar-refractivity contribution is 8.59. The lowest BCUT2D eigenvalue weighted by Gasteiger charge is -1.89. The van der Waals surface area contributed by atoms with E-state index in [1.165, 1.54) is 0 Å². The van der Waals surface area contributed by atoms with Crippen LogP contribution in [0.3, 0.4) is 0 Å². The van der Waals surface area contributed by atoms with E-state index in [-0.39, 0.29) is 0 Å². The molecule has 0 radical (unpaired) electrons. The highest BCUT2D eigenvalue weighted by Gasteiger charge is 2.15. The Balaban J connectivity index is 4.42. The van der Waals surface area contributed by atoms with Crippen molar-refractivity contribution in [3.8, 4) is 0 Å². The third-order valence-electron chi connectivity index (χ3n) is 0.379. The molecule has 0 spiro atoms. The Kier molecular flexibility index (Phi) is 2.54. The van der Waals surface area contributed by atoms with Gasteiger partial charge in [0.25, 0.3) is 0 Å². The molecule has 0 rings (SSSR count). The molecule has 50 valence electrons. The molecule has 5 nitrogen and oxygen atoms in total. The van der Waals surface area contributed by atoms with Crippen LogP contribution in [-0.2, 0) is 23.4 Å². The first-order valence-corrected chi connectivity index (χ1v) is 4.46. The van der Waals surface area contributed by atoms with Gasteiger partial charge in [-0.2, -0.15) is 8.42 Å². The summed E-state index contributed by atoms with van der Waals surface area (Å²) in [6.07, 6.45) is 0. The first kappa shape index (κ1) is 8.02. The molecule has 0 aromatic rings. The Morgan fingerprint density at radius 3 is 2.00 bits per heavy atom. The average Bonchev–Trinajstić information content (AvgIpc) is 1.67. The molecule has 0 saturated heterocycles. The van der Waals surface area contributed by atoms with Crippen LogP contribution in [0, 0.1) is 0 Å². The molecule has 0 aliphatic carbocycles. The van der Waals surface area contributed by atoms with Crippen molar-refractivity contribution in [1.29, 1.82) is 0 Å². The van der Waals surface area contributed by atoms with E-state index in [9.17, 15) is 12.6 Å². The third kappa shape index (κ3) is 1.86. The largest absolute Gasteiger partial charge is 0.375 e. The van der Waals surface area contributed by atoms with Gasteiger partial charge in [-0.15, -0.1) is 0 Å². The molecule has 1 N–H and O–H groups in total. The standard InChI is InChI=1S/CH4O5S2/c1-6-8(4,5)7(2)3/h1H3,(H,2,3). The van der Waals surface area contributed by atoms with Gasteiger partial charge < -0.3 is 0 Å². The first-order valence-electron chi connectivity index (χ1n) is 1.42. The van der Waals surface area contributed by atoms with E-state index in [0.29, 0.717) is 0 Å². The third-order valence-corrected chi connectivity index (χ3v) is 2.59. The van der Waals surface area contributed by atoms with Crippen molar-refractivity contribution in [1.82, 2.24) is 0 Å². The van der Waals surface area contributed by atoms with Crippen LogP contribution in [-0.4, -0.2) is 24.3 Å². The number of hydrogen-bond acceptors (Lipinski definition) is 4. The van der Waals surface area contributed by atoms with Crippen molar-refractivity contribution >= 4 is 19.3 Å². The van der Waals surface area contributed by atoms with Gasteiger partial charge in [-0.25, -0.2) is 4.21 Å². The minimum atomic E-state index is -4.21. The number of rotatable bonds is 2. The van der Waals surface area contributed by atoms with Crippen LogP contribution in [0.4, 0.5) is 0 Å². The second-order valence-corrected chi connectivity index (χ2v) is 4.46. The van der Waals surface area contributed by atoms with E-state index >= 15 is 0 Å². The fraction of sp³-hybridized carbons (Fsp3) is 1.00. The Morgan fingerprint density at radius 1 is 1.62 bits per heavy atom. The van der Waals surface area contributed by atoms with E-state index in [1.54, 1.807) is 0 Å². The predicted octanol–water partition coefficient (Wildman–Crippen LogP) is -0.901. The predicted molar refractivity (Wildman–Crippen MR) is 26.7 cm³/mol. The van der Waals surface area contributed by atoms with Crippen LogP contribution in [0.5, 0.6) is 0 Å². The second kappa shape index (κ2) is 2.53. The van der Waals surface area contributed by atoms with Crippen LogP contribution in [0.25, 0.3) is 0 Å². The highest BCUT2D eigenvalue weighted by atomic mass is 33.2. The highest BCUT2D eigenvalue weighted by Crippen LogP contribution is 1.92.